The predicted molar refractivity (Wildman–Crippen MR) is 132 cm³/mol. The molecular weight excluding hydrogens is 446 g/mol. The second kappa shape index (κ2) is 9.62. The van der Waals surface area contributed by atoms with Crippen LogP contribution in [0.15, 0.2) is 80.3 Å². The number of carbonyl (C=O) groups excluding carboxylic acids is 2. The van der Waals surface area contributed by atoms with Crippen LogP contribution in [0.4, 0.5) is 0 Å². The van der Waals surface area contributed by atoms with E-state index < -0.39 is 11.9 Å². The van der Waals surface area contributed by atoms with Crippen molar-refractivity contribution in [3.63, 3.8) is 0 Å². The Bertz CT molecular complexity index is 1440. The average molecular weight is 474 g/mol. The highest BCUT2D eigenvalue weighted by molar-refractivity contribution is 6.13. The predicted octanol–water partition coefficient (Wildman–Crippen LogP) is 4.79. The van der Waals surface area contributed by atoms with Gasteiger partial charge >= 0.3 is 5.97 Å². The summed E-state index contributed by atoms with van der Waals surface area (Å²) in [5.74, 6) is -0.546. The Balaban J connectivity index is 1.99. The zero-order valence-corrected chi connectivity index (χ0v) is 20.4. The molecule has 0 saturated carbocycles. The van der Waals surface area contributed by atoms with Gasteiger partial charge in [0.25, 0.3) is 0 Å². The molecule has 1 aliphatic rings. The van der Waals surface area contributed by atoms with Gasteiger partial charge < -0.3 is 19.2 Å². The van der Waals surface area contributed by atoms with Crippen molar-refractivity contribution in [3.05, 3.63) is 98.2 Å². The van der Waals surface area contributed by atoms with E-state index >= 15 is 0 Å². The molecule has 2 aromatic carbocycles. The maximum atomic E-state index is 13.9. The first-order valence-corrected chi connectivity index (χ1v) is 11.3. The van der Waals surface area contributed by atoms with Crippen molar-refractivity contribution >= 4 is 22.7 Å². The number of ether oxygens (including phenoxy) is 2. The van der Waals surface area contributed by atoms with E-state index in [1.807, 2.05) is 0 Å². The number of methoxy groups -OCH3 is 1. The van der Waals surface area contributed by atoms with E-state index in [1.165, 1.54) is 6.07 Å². The highest BCUT2D eigenvalue weighted by atomic mass is 16.5. The molecule has 7 nitrogen and oxygen atoms in total. The maximum absolute atomic E-state index is 13.9. The Labute approximate surface area is 203 Å². The lowest BCUT2D eigenvalue weighted by atomic mass is 9.77. The van der Waals surface area contributed by atoms with E-state index in [9.17, 15) is 14.4 Å². The molecule has 1 aliphatic heterocycles. The van der Waals surface area contributed by atoms with E-state index in [2.05, 4.69) is 5.32 Å². The third-order valence-electron chi connectivity index (χ3n) is 6.07. The number of benzene rings is 2. The van der Waals surface area contributed by atoms with Crippen LogP contribution >= 0.6 is 0 Å². The molecule has 0 fully saturated rings. The second-order valence-corrected chi connectivity index (χ2v) is 8.36. The van der Waals surface area contributed by atoms with Crippen molar-refractivity contribution in [1.82, 2.24) is 5.32 Å². The molecule has 0 radical (unpaired) electrons. The fourth-order valence-corrected chi connectivity index (χ4v) is 4.53. The van der Waals surface area contributed by atoms with Gasteiger partial charge in [-0.15, -0.1) is 0 Å². The van der Waals surface area contributed by atoms with Crippen LogP contribution in [0.25, 0.3) is 11.0 Å². The van der Waals surface area contributed by atoms with Crippen LogP contribution in [0.1, 0.15) is 48.4 Å². The summed E-state index contributed by atoms with van der Waals surface area (Å²) in [5, 5.41) is 3.56. The first kappa shape index (κ1) is 24.0. The summed E-state index contributed by atoms with van der Waals surface area (Å²) >= 11 is 0. The molecule has 0 amide bonds. The fourth-order valence-electron chi connectivity index (χ4n) is 4.53. The lowest BCUT2D eigenvalue weighted by Crippen LogP contribution is -2.32. The van der Waals surface area contributed by atoms with Crippen molar-refractivity contribution in [2.75, 3.05) is 13.7 Å². The summed E-state index contributed by atoms with van der Waals surface area (Å²) in [5.41, 5.74) is 2.98. The quantitative estimate of drug-likeness (QED) is 0.406. The van der Waals surface area contributed by atoms with E-state index in [4.69, 9.17) is 13.9 Å². The number of Topliss-reactive ketones (excluding diaryl/α,β-unsaturated/α-hetero) is 1. The molecule has 0 bridgehead atoms. The summed E-state index contributed by atoms with van der Waals surface area (Å²) in [7, 11) is 1.56. The zero-order chi connectivity index (χ0) is 25.3. The standard InChI is InChI=1S/C28H27NO6/c1-6-34-28(32)24-17(4)29-16(3)23(26(31)18-10-12-19(33-5)13-11-18)25(24)21-9-7-8-20-22(30)14-15(2)35-27(20)21/h7-14,25,29H,6H2,1-5H3. The fraction of sp³-hybridized carbons (Fsp3) is 0.250. The number of para-hydroxylation sites is 1. The summed E-state index contributed by atoms with van der Waals surface area (Å²) in [6.07, 6.45) is 0. The van der Waals surface area contributed by atoms with Crippen LogP contribution in [0.2, 0.25) is 0 Å². The largest absolute Gasteiger partial charge is 0.497 e. The number of ketones is 1. The van der Waals surface area contributed by atoms with Gasteiger partial charge in [0.05, 0.1) is 30.6 Å². The summed E-state index contributed by atoms with van der Waals surface area (Å²) in [4.78, 5) is 39.8. The molecule has 4 rings (SSSR count). The number of esters is 1. The lowest BCUT2D eigenvalue weighted by molar-refractivity contribution is -0.138. The minimum absolute atomic E-state index is 0.177. The van der Waals surface area contributed by atoms with Crippen LogP contribution in [-0.4, -0.2) is 25.5 Å². The molecular formula is C28H27NO6. The van der Waals surface area contributed by atoms with Crippen LogP contribution in [0, 0.1) is 6.92 Å². The van der Waals surface area contributed by atoms with Crippen molar-refractivity contribution in [2.45, 2.75) is 33.6 Å². The molecule has 1 N–H and O–H groups in total. The highest BCUT2D eigenvalue weighted by Crippen LogP contribution is 2.42. The Kier molecular flexibility index (Phi) is 6.60. The number of nitrogens with one attached hydrogen (secondary N) is 1. The SMILES string of the molecule is CCOC(=O)C1=C(C)NC(C)=C(C(=O)c2ccc(OC)cc2)C1c1cccc2c(=O)cc(C)oc12. The van der Waals surface area contributed by atoms with Crippen molar-refractivity contribution in [2.24, 2.45) is 0 Å². The van der Waals surface area contributed by atoms with Crippen LogP contribution in [0.3, 0.4) is 0 Å². The topological polar surface area (TPSA) is 94.8 Å². The molecule has 2 heterocycles. The van der Waals surface area contributed by atoms with Crippen LogP contribution in [0.5, 0.6) is 5.75 Å². The van der Waals surface area contributed by atoms with Gasteiger partial charge in [0.1, 0.15) is 17.1 Å². The van der Waals surface area contributed by atoms with Crippen molar-refractivity contribution in [3.8, 4) is 5.75 Å². The lowest BCUT2D eigenvalue weighted by Gasteiger charge is -2.31. The van der Waals surface area contributed by atoms with Gasteiger partial charge in [-0.25, -0.2) is 4.79 Å². The molecule has 1 aromatic heterocycles. The maximum Gasteiger partial charge on any atom is 0.336 e. The number of allylic oxidation sites excluding steroid dienone is 3. The summed E-state index contributed by atoms with van der Waals surface area (Å²) in [6.45, 7) is 7.16. The monoisotopic (exact) mass is 473 g/mol. The van der Waals surface area contributed by atoms with Crippen LogP contribution < -0.4 is 15.5 Å². The normalized spacial score (nSPS) is 15.7. The van der Waals surface area contributed by atoms with Gasteiger partial charge in [0.2, 0.25) is 0 Å². The van der Waals surface area contributed by atoms with Gasteiger partial charge in [-0.3, -0.25) is 9.59 Å². The van der Waals surface area contributed by atoms with E-state index in [0.717, 1.165) is 0 Å². The first-order chi connectivity index (χ1) is 16.8. The number of hydrogen-bond acceptors (Lipinski definition) is 7. The van der Waals surface area contributed by atoms with E-state index in [-0.39, 0.29) is 17.8 Å². The molecule has 7 heteroatoms. The molecule has 180 valence electrons. The van der Waals surface area contributed by atoms with Gasteiger partial charge in [-0.2, -0.15) is 0 Å². The van der Waals surface area contributed by atoms with Gasteiger partial charge in [0, 0.05) is 34.2 Å². The third kappa shape index (κ3) is 4.37. The molecule has 3 aromatic rings. The third-order valence-corrected chi connectivity index (χ3v) is 6.07. The molecule has 1 atom stereocenters. The number of fused-ring (bicyclic) bond motifs is 1. The average Bonchev–Trinajstić information content (AvgIpc) is 2.83. The Morgan fingerprint density at radius 1 is 1.00 bits per heavy atom. The molecule has 0 aliphatic carbocycles. The number of hydrogen-bond donors (Lipinski definition) is 1. The van der Waals surface area contributed by atoms with E-state index in [1.54, 1.807) is 77.3 Å². The smallest absolute Gasteiger partial charge is 0.336 e. The number of aryl methyl sites for hydroxylation is 1. The molecule has 0 spiro atoms. The minimum Gasteiger partial charge on any atom is -0.497 e. The summed E-state index contributed by atoms with van der Waals surface area (Å²) < 4.78 is 16.6. The molecule has 35 heavy (non-hydrogen) atoms. The van der Waals surface area contributed by atoms with E-state index in [0.29, 0.717) is 56.1 Å². The summed E-state index contributed by atoms with van der Waals surface area (Å²) in [6, 6.07) is 13.4. The van der Waals surface area contributed by atoms with Crippen LogP contribution in [-0.2, 0) is 9.53 Å². The second-order valence-electron chi connectivity index (χ2n) is 8.36. The Morgan fingerprint density at radius 3 is 2.34 bits per heavy atom. The first-order valence-electron chi connectivity index (χ1n) is 11.3. The Morgan fingerprint density at radius 2 is 1.69 bits per heavy atom. The number of rotatable bonds is 6. The highest BCUT2D eigenvalue weighted by Gasteiger charge is 2.38. The zero-order valence-electron chi connectivity index (χ0n) is 20.4. The molecule has 1 unspecified atom stereocenters. The molecule has 0 saturated heterocycles. The number of dihydropyridines is 1. The minimum atomic E-state index is -0.807. The van der Waals surface area contributed by atoms with Gasteiger partial charge in [0.15, 0.2) is 11.2 Å². The van der Waals surface area contributed by atoms with Crippen molar-refractivity contribution < 1.29 is 23.5 Å². The van der Waals surface area contributed by atoms with Crippen molar-refractivity contribution in [1.29, 1.82) is 0 Å². The van der Waals surface area contributed by atoms with Gasteiger partial charge in [-0.1, -0.05) is 12.1 Å². The Hall–Kier alpha value is -4.13. The van der Waals surface area contributed by atoms with Gasteiger partial charge in [-0.05, 0) is 58.0 Å². The number of carbonyl (C=O) groups is 2.